The van der Waals surface area contributed by atoms with Crippen molar-refractivity contribution in [2.75, 3.05) is 25.6 Å². The largest absolute Gasteiger partial charge is 0.383 e. The van der Waals surface area contributed by atoms with Crippen molar-refractivity contribution in [3.05, 3.63) is 46.8 Å². The highest BCUT2D eigenvalue weighted by atomic mass is 79.9. The van der Waals surface area contributed by atoms with Gasteiger partial charge in [-0.15, -0.1) is 0 Å². The van der Waals surface area contributed by atoms with E-state index < -0.39 is 0 Å². The first-order chi connectivity index (χ1) is 16.5. The van der Waals surface area contributed by atoms with Gasteiger partial charge in [0.25, 0.3) is 0 Å². The molecule has 5 rings (SSSR count). The Labute approximate surface area is 205 Å². The minimum Gasteiger partial charge on any atom is -0.383 e. The third-order valence-electron chi connectivity index (χ3n) is 6.18. The topological polar surface area (TPSA) is 107 Å². The number of hydrogen-bond acceptors (Lipinski definition) is 7. The van der Waals surface area contributed by atoms with E-state index in [0.717, 1.165) is 46.9 Å². The number of benzene rings is 1. The number of nitrogens with one attached hydrogen (secondary N) is 2. The molecule has 1 aliphatic rings. The summed E-state index contributed by atoms with van der Waals surface area (Å²) in [5, 5.41) is 12.9. The number of halogens is 1. The number of carbonyl (C=O) groups excluding carboxylic acids is 1. The quantitative estimate of drug-likeness (QED) is 0.355. The number of nitrogens with zero attached hydrogens (tertiary/aromatic N) is 5. The lowest BCUT2D eigenvalue weighted by atomic mass is 10.1. The summed E-state index contributed by atoms with van der Waals surface area (Å²) < 4.78 is 7.50. The average Bonchev–Trinajstić information content (AvgIpc) is 3.43. The molecule has 2 atom stereocenters. The van der Waals surface area contributed by atoms with Crippen LogP contribution in [-0.4, -0.2) is 56.9 Å². The second-order valence-electron chi connectivity index (χ2n) is 8.60. The molecule has 4 aromatic rings. The first-order valence-electron chi connectivity index (χ1n) is 11.3. The monoisotopic (exact) mass is 523 g/mol. The third-order valence-corrected chi connectivity index (χ3v) is 6.76. The number of methoxy groups -OCH3 is 1. The fourth-order valence-electron chi connectivity index (χ4n) is 4.42. The summed E-state index contributed by atoms with van der Waals surface area (Å²) in [7, 11) is 1.63. The minimum atomic E-state index is -0.00685. The van der Waals surface area contributed by atoms with Crippen LogP contribution in [0.3, 0.4) is 0 Å². The Morgan fingerprint density at radius 1 is 1.24 bits per heavy atom. The molecular weight excluding hydrogens is 498 g/mol. The summed E-state index contributed by atoms with van der Waals surface area (Å²) in [4.78, 5) is 26.2. The summed E-state index contributed by atoms with van der Waals surface area (Å²) in [5.41, 5.74) is 3.53. The van der Waals surface area contributed by atoms with Crippen LogP contribution >= 0.6 is 15.9 Å². The summed E-state index contributed by atoms with van der Waals surface area (Å²) in [6, 6.07) is 10.2. The Morgan fingerprint density at radius 3 is 2.97 bits per heavy atom. The molecule has 3 heterocycles. The summed E-state index contributed by atoms with van der Waals surface area (Å²) in [6.45, 7) is 3.04. The van der Waals surface area contributed by atoms with E-state index in [1.807, 2.05) is 29.8 Å². The maximum atomic E-state index is 12.4. The van der Waals surface area contributed by atoms with Gasteiger partial charge in [-0.1, -0.05) is 6.07 Å². The number of amides is 1. The Kier molecular flexibility index (Phi) is 6.42. The maximum Gasteiger partial charge on any atom is 0.224 e. The molecule has 1 amide bonds. The van der Waals surface area contributed by atoms with Crippen LogP contribution in [-0.2, 0) is 9.53 Å². The van der Waals surface area contributed by atoms with Crippen LogP contribution in [0.25, 0.3) is 27.6 Å². The van der Waals surface area contributed by atoms with Gasteiger partial charge in [-0.05, 0) is 66.4 Å². The first kappa shape index (κ1) is 22.7. The molecule has 34 heavy (non-hydrogen) atoms. The molecule has 1 fully saturated rings. The van der Waals surface area contributed by atoms with E-state index in [9.17, 15) is 4.79 Å². The molecule has 0 spiro atoms. The number of ether oxygens (including phenoxy) is 1. The lowest BCUT2D eigenvalue weighted by Crippen LogP contribution is -2.32. The van der Waals surface area contributed by atoms with Gasteiger partial charge >= 0.3 is 0 Å². The Morgan fingerprint density at radius 2 is 2.12 bits per heavy atom. The van der Waals surface area contributed by atoms with E-state index in [1.54, 1.807) is 13.3 Å². The van der Waals surface area contributed by atoms with E-state index in [-0.39, 0.29) is 17.9 Å². The molecule has 0 unspecified atom stereocenters. The summed E-state index contributed by atoms with van der Waals surface area (Å²) in [5.74, 6) is 0.609. The van der Waals surface area contributed by atoms with Crippen LogP contribution in [0.4, 0.5) is 5.95 Å². The van der Waals surface area contributed by atoms with Crippen LogP contribution in [0.1, 0.15) is 25.0 Å². The van der Waals surface area contributed by atoms with E-state index in [4.69, 9.17) is 9.72 Å². The predicted octanol–water partition coefficient (Wildman–Crippen LogP) is 3.78. The Balaban J connectivity index is 1.36. The predicted molar refractivity (Wildman–Crippen MR) is 134 cm³/mol. The lowest BCUT2D eigenvalue weighted by Gasteiger charge is -2.14. The summed E-state index contributed by atoms with van der Waals surface area (Å²) in [6.07, 6.45) is 4.25. The third kappa shape index (κ3) is 4.60. The zero-order valence-corrected chi connectivity index (χ0v) is 20.7. The molecule has 1 saturated carbocycles. The van der Waals surface area contributed by atoms with Crippen molar-refractivity contribution in [3.63, 3.8) is 0 Å². The number of aromatic nitrogens is 5. The normalized spacial score (nSPS) is 18.0. The molecule has 0 radical (unpaired) electrons. The molecule has 176 valence electrons. The van der Waals surface area contributed by atoms with E-state index in [2.05, 4.69) is 53.8 Å². The van der Waals surface area contributed by atoms with E-state index in [0.29, 0.717) is 29.4 Å². The van der Waals surface area contributed by atoms with Crippen molar-refractivity contribution in [1.29, 1.82) is 0 Å². The Hall–Kier alpha value is -3.11. The Bertz CT molecular complexity index is 1360. The van der Waals surface area contributed by atoms with E-state index in [1.165, 1.54) is 0 Å². The van der Waals surface area contributed by atoms with Crippen LogP contribution in [0, 0.1) is 12.8 Å². The zero-order chi connectivity index (χ0) is 23.7. The molecule has 0 aliphatic heterocycles. The van der Waals surface area contributed by atoms with Crippen LogP contribution in [0.2, 0.25) is 0 Å². The van der Waals surface area contributed by atoms with Gasteiger partial charge in [0, 0.05) is 42.9 Å². The average molecular weight is 524 g/mol. The van der Waals surface area contributed by atoms with E-state index >= 15 is 0 Å². The number of carbonyl (C=O) groups is 1. The van der Waals surface area contributed by atoms with Crippen molar-refractivity contribution >= 4 is 49.7 Å². The van der Waals surface area contributed by atoms with Crippen LogP contribution in [0.5, 0.6) is 0 Å². The first-order valence-corrected chi connectivity index (χ1v) is 12.1. The number of fused-ring (bicyclic) bond motifs is 2. The lowest BCUT2D eigenvalue weighted by molar-refractivity contribution is -0.125. The van der Waals surface area contributed by atoms with Gasteiger partial charge in [0.2, 0.25) is 11.9 Å². The van der Waals surface area contributed by atoms with Crippen molar-refractivity contribution in [1.82, 2.24) is 30.0 Å². The van der Waals surface area contributed by atoms with Crippen molar-refractivity contribution in [3.8, 4) is 5.69 Å². The smallest absolute Gasteiger partial charge is 0.224 e. The number of anilines is 1. The molecule has 0 bridgehead atoms. The maximum absolute atomic E-state index is 12.4. The molecule has 0 saturated heterocycles. The molecule has 9 nitrogen and oxygen atoms in total. The van der Waals surface area contributed by atoms with Gasteiger partial charge < -0.3 is 15.4 Å². The second kappa shape index (κ2) is 9.63. The molecule has 2 N–H and O–H groups in total. The molecule has 1 aromatic carbocycles. The number of aryl methyl sites for hydroxylation is 1. The van der Waals surface area contributed by atoms with Gasteiger partial charge in [0.1, 0.15) is 4.60 Å². The highest BCUT2D eigenvalue weighted by Gasteiger charge is 2.30. The van der Waals surface area contributed by atoms with Crippen molar-refractivity contribution < 1.29 is 9.53 Å². The standard InChI is InChI=1S/C24H26BrN7O2/c1-14-3-4-15-12-18(7-8-20(15)28-14)32-22-19(21(25)31-32)13-27-24(30-22)29-17-6-5-16(11-17)23(33)26-9-10-34-2/h3-4,7-8,12-13,16-17H,5-6,9-11H2,1-2H3,(H,26,33)(H,27,29,30)/t16-,17-/m1/s1. The number of rotatable bonds is 7. The minimum absolute atomic E-state index is 0.00685. The van der Waals surface area contributed by atoms with Crippen LogP contribution in [0.15, 0.2) is 41.1 Å². The number of hydrogen-bond donors (Lipinski definition) is 2. The zero-order valence-electron chi connectivity index (χ0n) is 19.1. The van der Waals surface area contributed by atoms with Gasteiger partial charge in [0.15, 0.2) is 5.65 Å². The highest BCUT2D eigenvalue weighted by Crippen LogP contribution is 2.30. The van der Waals surface area contributed by atoms with Crippen LogP contribution < -0.4 is 10.6 Å². The van der Waals surface area contributed by atoms with Gasteiger partial charge in [-0.3, -0.25) is 9.78 Å². The highest BCUT2D eigenvalue weighted by molar-refractivity contribution is 9.10. The summed E-state index contributed by atoms with van der Waals surface area (Å²) >= 11 is 3.54. The van der Waals surface area contributed by atoms with Crippen molar-refractivity contribution in [2.24, 2.45) is 5.92 Å². The fourth-order valence-corrected chi connectivity index (χ4v) is 4.86. The van der Waals surface area contributed by atoms with Gasteiger partial charge in [-0.25, -0.2) is 9.67 Å². The molecular formula is C24H26BrN7O2. The van der Waals surface area contributed by atoms with Crippen molar-refractivity contribution in [2.45, 2.75) is 32.2 Å². The second-order valence-corrected chi connectivity index (χ2v) is 9.35. The van der Waals surface area contributed by atoms with Gasteiger partial charge in [0.05, 0.1) is 23.2 Å². The molecule has 10 heteroatoms. The number of pyridine rings is 1. The SMILES string of the molecule is COCCNC(=O)[C@@H]1CC[C@@H](Nc2ncc3c(Br)nn(-c4ccc5nc(C)ccc5c4)c3n2)C1. The molecule has 3 aromatic heterocycles. The van der Waals surface area contributed by atoms with Gasteiger partial charge in [-0.2, -0.15) is 10.1 Å². The molecule has 1 aliphatic carbocycles. The fraction of sp³-hybridized carbons (Fsp3) is 0.375.